The summed E-state index contributed by atoms with van der Waals surface area (Å²) in [7, 11) is 3.73. The number of nitrogens with zero attached hydrogens (tertiary/aromatic N) is 5. The van der Waals surface area contributed by atoms with Crippen LogP contribution in [0.15, 0.2) is 47.5 Å². The number of fused-ring (bicyclic) bond motifs is 1. The number of nitrogens with one attached hydrogen (secondary N) is 2. The van der Waals surface area contributed by atoms with E-state index in [9.17, 15) is 18.0 Å². The van der Waals surface area contributed by atoms with Gasteiger partial charge in [0.2, 0.25) is 0 Å². The van der Waals surface area contributed by atoms with E-state index in [0.29, 0.717) is 30.4 Å². The number of piperidine rings is 1. The zero-order valence-electron chi connectivity index (χ0n) is 23.7. The molecule has 3 atom stereocenters. The number of imidazole rings is 1. The highest BCUT2D eigenvalue weighted by Gasteiger charge is 2.41. The average Bonchev–Trinajstić information content (AvgIpc) is 3.47. The summed E-state index contributed by atoms with van der Waals surface area (Å²) in [6.45, 7) is 6.43. The predicted molar refractivity (Wildman–Crippen MR) is 149 cm³/mol. The molecule has 41 heavy (non-hydrogen) atoms. The van der Waals surface area contributed by atoms with Gasteiger partial charge >= 0.3 is 11.9 Å². The van der Waals surface area contributed by atoms with Crippen LogP contribution in [0.5, 0.6) is 0 Å². The number of aromatic nitrogens is 2. The number of likely N-dealkylation sites (N-methyl/N-ethyl adjacent to an activating group) is 1. The van der Waals surface area contributed by atoms with Gasteiger partial charge in [0.1, 0.15) is 0 Å². The molecule has 9 nitrogen and oxygen atoms in total. The minimum atomic E-state index is -4.59. The van der Waals surface area contributed by atoms with Crippen LogP contribution in [-0.4, -0.2) is 82.9 Å². The van der Waals surface area contributed by atoms with Crippen LogP contribution < -0.4 is 16.5 Å². The first-order valence-electron chi connectivity index (χ1n) is 14.2. The van der Waals surface area contributed by atoms with Gasteiger partial charge in [-0.1, -0.05) is 19.1 Å². The molecule has 3 aliphatic rings. The van der Waals surface area contributed by atoms with Gasteiger partial charge < -0.3 is 4.74 Å². The number of benzene rings is 1. The topological polar surface area (TPSA) is 69.4 Å². The normalized spacial score (nSPS) is 24.2. The lowest BCUT2D eigenvalue weighted by Crippen LogP contribution is -2.58. The van der Waals surface area contributed by atoms with E-state index in [-0.39, 0.29) is 23.8 Å². The highest BCUT2D eigenvalue weighted by molar-refractivity contribution is 5.58. The Bertz CT molecular complexity index is 1450. The second-order valence-corrected chi connectivity index (χ2v) is 11.8. The molecule has 0 saturated carbocycles. The van der Waals surface area contributed by atoms with E-state index in [1.54, 1.807) is 19.4 Å². The van der Waals surface area contributed by atoms with E-state index < -0.39 is 17.4 Å². The van der Waals surface area contributed by atoms with Crippen molar-refractivity contribution in [1.82, 2.24) is 34.5 Å². The largest absolute Gasteiger partial charge is 0.418 e. The van der Waals surface area contributed by atoms with Crippen LogP contribution in [-0.2, 0) is 17.5 Å². The fourth-order valence-corrected chi connectivity index (χ4v) is 6.53. The first-order valence-corrected chi connectivity index (χ1v) is 14.2. The summed E-state index contributed by atoms with van der Waals surface area (Å²) in [5.41, 5.74) is 7.03. The maximum absolute atomic E-state index is 14.3. The Morgan fingerprint density at radius 1 is 1.15 bits per heavy atom. The Morgan fingerprint density at radius 2 is 1.95 bits per heavy atom. The Labute approximate surface area is 237 Å². The van der Waals surface area contributed by atoms with E-state index in [2.05, 4.69) is 32.5 Å². The molecule has 6 rings (SSSR count). The van der Waals surface area contributed by atoms with E-state index in [1.807, 2.05) is 25.2 Å². The summed E-state index contributed by atoms with van der Waals surface area (Å²) in [6, 6.07) is 8.68. The molecule has 0 aliphatic carbocycles. The lowest BCUT2D eigenvalue weighted by atomic mass is 9.97. The maximum Gasteiger partial charge on any atom is 0.418 e. The predicted octanol–water partition coefficient (Wildman–Crippen LogP) is 3.04. The zero-order valence-corrected chi connectivity index (χ0v) is 23.7. The van der Waals surface area contributed by atoms with Crippen molar-refractivity contribution >= 4 is 5.52 Å². The highest BCUT2D eigenvalue weighted by Crippen LogP contribution is 2.35. The molecule has 3 aliphatic heterocycles. The third-order valence-corrected chi connectivity index (χ3v) is 8.72. The summed E-state index contributed by atoms with van der Waals surface area (Å²) >= 11 is 0. The number of hydrogen-bond donors (Lipinski definition) is 2. The molecule has 1 aromatic carbocycles. The zero-order chi connectivity index (χ0) is 28.9. The molecule has 0 radical (unpaired) electrons. The quantitative estimate of drug-likeness (QED) is 0.451. The van der Waals surface area contributed by atoms with Crippen molar-refractivity contribution in [1.29, 1.82) is 0 Å². The fourth-order valence-electron chi connectivity index (χ4n) is 6.53. The van der Waals surface area contributed by atoms with Crippen molar-refractivity contribution in [2.45, 2.75) is 50.8 Å². The van der Waals surface area contributed by atoms with E-state index in [1.165, 1.54) is 16.8 Å². The lowest BCUT2D eigenvalue weighted by molar-refractivity contribution is -0.136. The van der Waals surface area contributed by atoms with Gasteiger partial charge in [-0.3, -0.25) is 23.7 Å². The number of hydrogen-bond acceptors (Lipinski definition) is 7. The van der Waals surface area contributed by atoms with Gasteiger partial charge in [0.25, 0.3) is 0 Å². The first-order chi connectivity index (χ1) is 19.6. The van der Waals surface area contributed by atoms with Gasteiger partial charge in [0.15, 0.2) is 0 Å². The molecule has 3 aromatic rings. The van der Waals surface area contributed by atoms with Crippen molar-refractivity contribution in [3.63, 3.8) is 0 Å². The van der Waals surface area contributed by atoms with Crippen LogP contribution in [0.4, 0.5) is 13.2 Å². The molecule has 0 bridgehead atoms. The van der Waals surface area contributed by atoms with Gasteiger partial charge in [-0.05, 0) is 61.7 Å². The Morgan fingerprint density at radius 3 is 2.63 bits per heavy atom. The third kappa shape index (κ3) is 5.56. The number of likely N-dealkylation sites (tertiary alicyclic amines) is 2. The van der Waals surface area contributed by atoms with Gasteiger partial charge in [-0.2, -0.15) is 13.2 Å². The van der Waals surface area contributed by atoms with Crippen molar-refractivity contribution in [2.24, 2.45) is 5.92 Å². The average molecular weight is 574 g/mol. The van der Waals surface area contributed by atoms with E-state index in [0.717, 1.165) is 49.0 Å². The number of pyridine rings is 1. The molecule has 3 fully saturated rings. The van der Waals surface area contributed by atoms with Crippen LogP contribution >= 0.6 is 0 Å². The number of rotatable bonds is 7. The number of ether oxygens (including phenoxy) is 1. The molecule has 0 amide bonds. The number of methoxy groups -OCH3 is 1. The molecule has 2 aromatic heterocycles. The molecular formula is C29H38F3N7O2. The summed E-state index contributed by atoms with van der Waals surface area (Å²) in [6.07, 6.45) is 0.562. The second-order valence-electron chi connectivity index (χ2n) is 11.8. The molecule has 1 unspecified atom stereocenters. The fraction of sp³-hybridized carbons (Fsp3) is 0.552. The minimum Gasteiger partial charge on any atom is -0.379 e. The Balaban J connectivity index is 1.38. The van der Waals surface area contributed by atoms with Crippen molar-refractivity contribution in [3.05, 3.63) is 69.9 Å². The van der Waals surface area contributed by atoms with E-state index in [4.69, 9.17) is 4.74 Å². The molecule has 0 spiro atoms. The van der Waals surface area contributed by atoms with Crippen molar-refractivity contribution in [2.75, 3.05) is 47.0 Å². The summed E-state index contributed by atoms with van der Waals surface area (Å²) < 4.78 is 50.8. The standard InChI is InChI=1S/C29H38F3N7O2/c1-19-6-5-9-36(12-19)13-20-10-24(29(30,31)32)25-17-38(28(40)39(25)14-20)22-8-4-7-21(11-22)26(27-34-33-18-35(27)2)37-15-23(16-37)41-3/h4,7-8,10-11,14,17,19,23,26-27,33-34H,5-6,9,12-13,15-16,18H2,1-3H3/t19-,26-,27?/m0/s1. The second kappa shape index (κ2) is 11.2. The summed E-state index contributed by atoms with van der Waals surface area (Å²) in [5, 5.41) is 0. The van der Waals surface area contributed by atoms with Gasteiger partial charge in [0.05, 0.1) is 41.7 Å². The Kier molecular flexibility index (Phi) is 7.72. The number of hydrazine groups is 1. The molecule has 222 valence electrons. The molecule has 3 saturated heterocycles. The SMILES string of the molecule is COC1CN([C@@H](c2cccc(-n3cc4c(C(F)(F)F)cc(CN5CCC[C@H](C)C5)cn4c3=O)c2)C2NNCN2C)C1. The van der Waals surface area contributed by atoms with Gasteiger partial charge in [-0.25, -0.2) is 15.6 Å². The highest BCUT2D eigenvalue weighted by atomic mass is 19.4. The van der Waals surface area contributed by atoms with Gasteiger partial charge in [0, 0.05) is 45.7 Å². The van der Waals surface area contributed by atoms with Crippen LogP contribution in [0.25, 0.3) is 11.2 Å². The first kappa shape index (κ1) is 28.4. The summed E-state index contributed by atoms with van der Waals surface area (Å²) in [4.78, 5) is 20.3. The molecular weight excluding hydrogens is 535 g/mol. The minimum absolute atomic E-state index is 0.0372. The number of alkyl halides is 3. The van der Waals surface area contributed by atoms with E-state index >= 15 is 0 Å². The number of halogens is 3. The van der Waals surface area contributed by atoms with Crippen LogP contribution in [0.1, 0.15) is 42.5 Å². The lowest BCUT2D eigenvalue weighted by Gasteiger charge is -2.46. The molecule has 12 heteroatoms. The monoisotopic (exact) mass is 573 g/mol. The van der Waals surface area contributed by atoms with Crippen LogP contribution in [0.3, 0.4) is 0 Å². The van der Waals surface area contributed by atoms with Crippen LogP contribution in [0.2, 0.25) is 0 Å². The molecule has 5 heterocycles. The van der Waals surface area contributed by atoms with Gasteiger partial charge in [-0.15, -0.1) is 0 Å². The van der Waals surface area contributed by atoms with Crippen molar-refractivity contribution in [3.8, 4) is 5.69 Å². The smallest absolute Gasteiger partial charge is 0.379 e. The molecule has 2 N–H and O–H groups in total. The van der Waals surface area contributed by atoms with Crippen molar-refractivity contribution < 1.29 is 17.9 Å². The maximum atomic E-state index is 14.3. The van der Waals surface area contributed by atoms with Crippen LogP contribution in [0, 0.1) is 5.92 Å². The summed E-state index contributed by atoms with van der Waals surface area (Å²) in [5.74, 6) is 0.501. The Hall–Kier alpha value is -2.74. The third-order valence-electron chi connectivity index (χ3n) is 8.72.